The van der Waals surface area contributed by atoms with Crippen LogP contribution in [0.5, 0.6) is 5.75 Å². The lowest BCUT2D eigenvalue weighted by molar-refractivity contribution is -0.141. The van der Waals surface area contributed by atoms with Gasteiger partial charge in [0.25, 0.3) is 0 Å². The van der Waals surface area contributed by atoms with Crippen molar-refractivity contribution in [3.05, 3.63) is 29.8 Å². The fraction of sp³-hybridized carbons (Fsp3) is 0.357. The second kappa shape index (κ2) is 7.99. The number of hydrogen-bond acceptors (Lipinski definition) is 5. The van der Waals surface area contributed by atoms with E-state index in [1.54, 1.807) is 12.1 Å². The molecule has 0 heterocycles. The summed E-state index contributed by atoms with van der Waals surface area (Å²) in [4.78, 5) is 34.2. The summed E-state index contributed by atoms with van der Waals surface area (Å²) in [6.45, 7) is 1.00. The van der Waals surface area contributed by atoms with Gasteiger partial charge < -0.3 is 26.6 Å². The molecule has 0 aliphatic heterocycles. The SMILES string of the molecule is CC(=O)N[C@@H](Cc1ccc(O)cc1)C(=O)N[C@@H](CN)C(=O)O. The Hall–Kier alpha value is -2.61. The highest BCUT2D eigenvalue weighted by Gasteiger charge is 2.25. The molecule has 6 N–H and O–H groups in total. The lowest BCUT2D eigenvalue weighted by atomic mass is 10.0. The monoisotopic (exact) mass is 309 g/mol. The molecule has 2 amide bonds. The average Bonchev–Trinajstić information content (AvgIpc) is 2.45. The van der Waals surface area contributed by atoms with Crippen molar-refractivity contribution in [2.45, 2.75) is 25.4 Å². The molecule has 0 bridgehead atoms. The normalized spacial score (nSPS) is 13.0. The zero-order valence-corrected chi connectivity index (χ0v) is 12.1. The lowest BCUT2D eigenvalue weighted by Gasteiger charge is -2.20. The number of phenolic OH excluding ortho intramolecular Hbond substituents is 1. The molecule has 2 atom stereocenters. The van der Waals surface area contributed by atoms with Crippen LogP contribution in [0.4, 0.5) is 0 Å². The van der Waals surface area contributed by atoms with Crippen molar-refractivity contribution in [2.24, 2.45) is 5.73 Å². The summed E-state index contributed by atoms with van der Waals surface area (Å²) in [5, 5.41) is 22.9. The van der Waals surface area contributed by atoms with Gasteiger partial charge in [0, 0.05) is 19.9 Å². The maximum absolute atomic E-state index is 12.1. The number of phenols is 1. The number of amides is 2. The standard InChI is InChI=1S/C14H19N3O5/c1-8(18)16-11(6-9-2-4-10(19)5-3-9)13(20)17-12(7-15)14(21)22/h2-5,11-12,19H,6-7,15H2,1H3,(H,16,18)(H,17,20)(H,21,22)/t11-,12-/m0/s1. The molecule has 0 spiro atoms. The third-order valence-corrected chi connectivity index (χ3v) is 2.92. The maximum atomic E-state index is 12.1. The van der Waals surface area contributed by atoms with Gasteiger partial charge in [0.1, 0.15) is 17.8 Å². The molecular weight excluding hydrogens is 290 g/mol. The molecular formula is C14H19N3O5. The van der Waals surface area contributed by atoms with Gasteiger partial charge in [0.05, 0.1) is 0 Å². The number of rotatable bonds is 7. The Morgan fingerprint density at radius 3 is 2.18 bits per heavy atom. The van der Waals surface area contributed by atoms with Crippen LogP contribution in [-0.2, 0) is 20.8 Å². The summed E-state index contributed by atoms with van der Waals surface area (Å²) in [5.74, 6) is -2.22. The molecule has 0 aromatic heterocycles. The first-order valence-electron chi connectivity index (χ1n) is 6.61. The van der Waals surface area contributed by atoms with Crippen LogP contribution in [0.1, 0.15) is 12.5 Å². The third-order valence-electron chi connectivity index (χ3n) is 2.92. The van der Waals surface area contributed by atoms with Gasteiger partial charge in [-0.25, -0.2) is 4.79 Å². The Morgan fingerprint density at radius 2 is 1.73 bits per heavy atom. The smallest absolute Gasteiger partial charge is 0.327 e. The molecule has 8 nitrogen and oxygen atoms in total. The minimum absolute atomic E-state index is 0.0818. The minimum Gasteiger partial charge on any atom is -0.508 e. The van der Waals surface area contributed by atoms with Crippen molar-refractivity contribution >= 4 is 17.8 Å². The average molecular weight is 309 g/mol. The Bertz CT molecular complexity index is 544. The molecule has 1 aromatic carbocycles. The molecule has 1 aromatic rings. The van der Waals surface area contributed by atoms with E-state index in [-0.39, 0.29) is 18.7 Å². The third kappa shape index (κ3) is 5.41. The summed E-state index contributed by atoms with van der Waals surface area (Å²) < 4.78 is 0. The van der Waals surface area contributed by atoms with Crippen molar-refractivity contribution in [3.8, 4) is 5.75 Å². The van der Waals surface area contributed by atoms with Crippen LogP contribution in [0.15, 0.2) is 24.3 Å². The largest absolute Gasteiger partial charge is 0.508 e. The van der Waals surface area contributed by atoms with E-state index >= 15 is 0 Å². The number of carboxylic acid groups (broad SMARTS) is 1. The molecule has 1 rings (SSSR count). The number of carboxylic acids is 1. The highest BCUT2D eigenvalue weighted by molar-refractivity contribution is 5.90. The van der Waals surface area contributed by atoms with E-state index in [2.05, 4.69) is 10.6 Å². The maximum Gasteiger partial charge on any atom is 0.327 e. The van der Waals surface area contributed by atoms with Crippen molar-refractivity contribution in [3.63, 3.8) is 0 Å². The van der Waals surface area contributed by atoms with Gasteiger partial charge in [-0.05, 0) is 17.7 Å². The number of benzene rings is 1. The lowest BCUT2D eigenvalue weighted by Crippen LogP contribution is -2.54. The Morgan fingerprint density at radius 1 is 1.14 bits per heavy atom. The van der Waals surface area contributed by atoms with E-state index in [0.717, 1.165) is 0 Å². The number of nitrogens with two attached hydrogens (primary N) is 1. The number of carbonyl (C=O) groups excluding carboxylic acids is 2. The fourth-order valence-corrected chi connectivity index (χ4v) is 1.82. The van der Waals surface area contributed by atoms with E-state index in [1.807, 2.05) is 0 Å². The predicted molar refractivity (Wildman–Crippen MR) is 78.0 cm³/mol. The van der Waals surface area contributed by atoms with E-state index < -0.39 is 29.9 Å². The summed E-state index contributed by atoms with van der Waals surface area (Å²) in [6, 6.07) is 3.97. The number of aromatic hydroxyl groups is 1. The summed E-state index contributed by atoms with van der Waals surface area (Å²) in [7, 11) is 0. The van der Waals surface area contributed by atoms with Crippen LogP contribution in [0.25, 0.3) is 0 Å². The van der Waals surface area contributed by atoms with Crippen molar-refractivity contribution in [1.82, 2.24) is 10.6 Å². The van der Waals surface area contributed by atoms with Crippen LogP contribution in [0, 0.1) is 0 Å². The van der Waals surface area contributed by atoms with Crippen LogP contribution in [0.2, 0.25) is 0 Å². The molecule has 0 aliphatic rings. The molecule has 8 heteroatoms. The second-order valence-electron chi connectivity index (χ2n) is 4.76. The topological polar surface area (TPSA) is 142 Å². The molecule has 0 unspecified atom stereocenters. The van der Waals surface area contributed by atoms with Crippen molar-refractivity contribution in [2.75, 3.05) is 6.54 Å². The van der Waals surface area contributed by atoms with E-state index in [1.165, 1.54) is 19.1 Å². The minimum atomic E-state index is -1.25. The number of hydrogen-bond donors (Lipinski definition) is 5. The fourth-order valence-electron chi connectivity index (χ4n) is 1.82. The first-order chi connectivity index (χ1) is 10.3. The van der Waals surface area contributed by atoms with Gasteiger partial charge in [-0.2, -0.15) is 0 Å². The Labute approximate surface area is 127 Å². The van der Waals surface area contributed by atoms with Crippen LogP contribution in [-0.4, -0.2) is 46.6 Å². The highest BCUT2D eigenvalue weighted by atomic mass is 16.4. The predicted octanol–water partition coefficient (Wildman–Crippen LogP) is -1.03. The molecule has 0 saturated carbocycles. The van der Waals surface area contributed by atoms with Gasteiger partial charge >= 0.3 is 5.97 Å². The molecule has 0 fully saturated rings. The first-order valence-corrected chi connectivity index (χ1v) is 6.61. The van der Waals surface area contributed by atoms with Crippen molar-refractivity contribution < 1.29 is 24.6 Å². The summed E-state index contributed by atoms with van der Waals surface area (Å²) in [5.41, 5.74) is 5.98. The van der Waals surface area contributed by atoms with Gasteiger partial charge in [0.2, 0.25) is 11.8 Å². The molecule has 0 saturated heterocycles. The van der Waals surface area contributed by atoms with Gasteiger partial charge in [0.15, 0.2) is 0 Å². The van der Waals surface area contributed by atoms with Gasteiger partial charge in [-0.3, -0.25) is 9.59 Å². The highest BCUT2D eigenvalue weighted by Crippen LogP contribution is 2.11. The number of aliphatic carboxylic acids is 1. The zero-order chi connectivity index (χ0) is 16.7. The summed E-state index contributed by atoms with van der Waals surface area (Å²) in [6.07, 6.45) is 0.155. The van der Waals surface area contributed by atoms with Crippen LogP contribution >= 0.6 is 0 Å². The van der Waals surface area contributed by atoms with Crippen LogP contribution in [0.3, 0.4) is 0 Å². The second-order valence-corrected chi connectivity index (χ2v) is 4.76. The summed E-state index contributed by atoms with van der Waals surface area (Å²) >= 11 is 0. The number of carbonyl (C=O) groups is 3. The Balaban J connectivity index is 2.82. The number of nitrogens with one attached hydrogen (secondary N) is 2. The van der Waals surface area contributed by atoms with Gasteiger partial charge in [-0.15, -0.1) is 0 Å². The zero-order valence-electron chi connectivity index (χ0n) is 12.1. The quantitative estimate of drug-likeness (QED) is 0.436. The molecule has 22 heavy (non-hydrogen) atoms. The van der Waals surface area contributed by atoms with Crippen LogP contribution < -0.4 is 16.4 Å². The first kappa shape index (κ1) is 17.4. The van der Waals surface area contributed by atoms with E-state index in [9.17, 15) is 19.5 Å². The van der Waals surface area contributed by atoms with Gasteiger partial charge in [-0.1, -0.05) is 12.1 Å². The van der Waals surface area contributed by atoms with E-state index in [4.69, 9.17) is 10.8 Å². The van der Waals surface area contributed by atoms with Crippen molar-refractivity contribution in [1.29, 1.82) is 0 Å². The molecule has 0 radical (unpaired) electrons. The molecule has 0 aliphatic carbocycles. The van der Waals surface area contributed by atoms with E-state index in [0.29, 0.717) is 5.56 Å². The Kier molecular flexibility index (Phi) is 6.33. The molecule has 120 valence electrons.